The molecule has 3 heteroatoms. The van der Waals surface area contributed by atoms with Gasteiger partial charge >= 0.3 is 0 Å². The van der Waals surface area contributed by atoms with Crippen LogP contribution in [-0.2, 0) is 0 Å². The monoisotopic (exact) mass is 235 g/mol. The fraction of sp³-hybridized carbons (Fsp3) is 0.0667. The molecule has 88 valence electrons. The lowest BCUT2D eigenvalue weighted by molar-refractivity contribution is 1.01. The molecule has 0 fully saturated rings. The first-order valence-corrected chi connectivity index (χ1v) is 5.88. The highest BCUT2D eigenvalue weighted by Gasteiger charge is 2.02. The summed E-state index contributed by atoms with van der Waals surface area (Å²) in [6.45, 7) is 1.95. The van der Waals surface area contributed by atoms with Crippen LogP contribution < -0.4 is 0 Å². The molecule has 3 nitrogen and oxygen atoms in total. The van der Waals surface area contributed by atoms with Crippen molar-refractivity contribution in [2.24, 2.45) is 0 Å². The Morgan fingerprint density at radius 1 is 0.944 bits per heavy atom. The number of fused-ring (bicyclic) bond motifs is 1. The molecule has 0 radical (unpaired) electrons. The molecule has 0 unspecified atom stereocenters. The maximum Gasteiger partial charge on any atom is 0.168 e. The summed E-state index contributed by atoms with van der Waals surface area (Å²) in [4.78, 5) is 0. The van der Waals surface area contributed by atoms with Gasteiger partial charge in [-0.1, -0.05) is 42.5 Å². The van der Waals surface area contributed by atoms with E-state index in [1.165, 1.54) is 5.56 Å². The van der Waals surface area contributed by atoms with Crippen molar-refractivity contribution in [1.82, 2.24) is 14.6 Å². The van der Waals surface area contributed by atoms with Crippen molar-refractivity contribution in [2.45, 2.75) is 6.92 Å². The molecule has 0 N–H and O–H groups in total. The van der Waals surface area contributed by atoms with Gasteiger partial charge in [0.25, 0.3) is 0 Å². The van der Waals surface area contributed by atoms with Gasteiger partial charge in [0.05, 0.1) is 0 Å². The number of benzene rings is 1. The molecular weight excluding hydrogens is 222 g/mol. The highest BCUT2D eigenvalue weighted by atomic mass is 15.2. The van der Waals surface area contributed by atoms with Crippen LogP contribution in [0, 0.1) is 6.92 Å². The molecule has 3 rings (SSSR count). The molecule has 0 amide bonds. The average molecular weight is 235 g/mol. The van der Waals surface area contributed by atoms with Crippen molar-refractivity contribution < 1.29 is 0 Å². The highest BCUT2D eigenvalue weighted by molar-refractivity contribution is 5.76. The minimum Gasteiger partial charge on any atom is -0.286 e. The first-order valence-electron chi connectivity index (χ1n) is 5.88. The second-order valence-electron chi connectivity index (χ2n) is 4.15. The molecule has 0 atom stereocenters. The summed E-state index contributed by atoms with van der Waals surface area (Å²) < 4.78 is 1.99. The lowest BCUT2D eigenvalue weighted by Crippen LogP contribution is -1.88. The Morgan fingerprint density at radius 3 is 2.61 bits per heavy atom. The van der Waals surface area contributed by atoms with Crippen molar-refractivity contribution in [3.05, 3.63) is 65.6 Å². The van der Waals surface area contributed by atoms with Crippen LogP contribution in [0.2, 0.25) is 0 Å². The van der Waals surface area contributed by atoms with E-state index < -0.39 is 0 Å². The topological polar surface area (TPSA) is 30.2 Å². The van der Waals surface area contributed by atoms with Gasteiger partial charge < -0.3 is 0 Å². The third-order valence-electron chi connectivity index (χ3n) is 2.89. The first kappa shape index (κ1) is 10.7. The van der Waals surface area contributed by atoms with E-state index in [2.05, 4.69) is 34.5 Å². The first-order chi connectivity index (χ1) is 8.84. The summed E-state index contributed by atoms with van der Waals surface area (Å²) in [6.07, 6.45) is 6.13. The zero-order valence-electron chi connectivity index (χ0n) is 10.1. The van der Waals surface area contributed by atoms with Gasteiger partial charge in [0.1, 0.15) is 5.82 Å². The lowest BCUT2D eigenvalue weighted by atomic mass is 10.1. The quantitative estimate of drug-likeness (QED) is 0.682. The molecule has 0 aliphatic carbocycles. The predicted molar refractivity (Wildman–Crippen MR) is 73.1 cm³/mol. The molecular formula is C15H13N3. The Kier molecular flexibility index (Phi) is 2.65. The number of hydrogen-bond acceptors (Lipinski definition) is 2. The van der Waals surface area contributed by atoms with Crippen LogP contribution in [0.5, 0.6) is 0 Å². The van der Waals surface area contributed by atoms with E-state index in [1.54, 1.807) is 0 Å². The van der Waals surface area contributed by atoms with E-state index in [4.69, 9.17) is 0 Å². The van der Waals surface area contributed by atoms with Gasteiger partial charge in [-0.15, -0.1) is 10.2 Å². The molecule has 0 bridgehead atoms. The van der Waals surface area contributed by atoms with Gasteiger partial charge in [-0.05, 0) is 24.6 Å². The fourth-order valence-electron chi connectivity index (χ4n) is 1.93. The fourth-order valence-corrected chi connectivity index (χ4v) is 1.93. The molecule has 2 heterocycles. The largest absolute Gasteiger partial charge is 0.286 e. The average Bonchev–Trinajstić information content (AvgIpc) is 2.80. The van der Waals surface area contributed by atoms with Crippen LogP contribution in [0.1, 0.15) is 17.0 Å². The number of aromatic nitrogens is 3. The lowest BCUT2D eigenvalue weighted by Gasteiger charge is -1.98. The van der Waals surface area contributed by atoms with Crippen molar-refractivity contribution in [2.75, 3.05) is 0 Å². The summed E-state index contributed by atoms with van der Waals surface area (Å²) >= 11 is 0. The number of hydrogen-bond donors (Lipinski definition) is 0. The van der Waals surface area contributed by atoms with Gasteiger partial charge in [0, 0.05) is 11.8 Å². The van der Waals surface area contributed by atoms with Gasteiger partial charge in [-0.2, -0.15) is 0 Å². The van der Waals surface area contributed by atoms with E-state index in [9.17, 15) is 0 Å². The zero-order chi connectivity index (χ0) is 12.4. The summed E-state index contributed by atoms with van der Waals surface area (Å²) in [5, 5.41) is 8.28. The van der Waals surface area contributed by atoms with E-state index in [-0.39, 0.29) is 0 Å². The molecule has 0 saturated carbocycles. The predicted octanol–water partition coefficient (Wildman–Crippen LogP) is 3.21. The van der Waals surface area contributed by atoms with Gasteiger partial charge in [-0.3, -0.25) is 4.40 Å². The third-order valence-corrected chi connectivity index (χ3v) is 2.89. The van der Waals surface area contributed by atoms with Crippen molar-refractivity contribution in [3.8, 4) is 0 Å². The van der Waals surface area contributed by atoms with Crippen LogP contribution >= 0.6 is 0 Å². The normalized spacial score (nSPS) is 11.4. The van der Waals surface area contributed by atoms with Crippen LogP contribution in [-0.4, -0.2) is 14.6 Å². The van der Waals surface area contributed by atoms with Crippen molar-refractivity contribution >= 4 is 17.8 Å². The van der Waals surface area contributed by atoms with Crippen LogP contribution in [0.3, 0.4) is 0 Å². The molecule has 0 aliphatic heterocycles. The second kappa shape index (κ2) is 4.45. The molecule has 3 aromatic rings. The molecule has 0 saturated heterocycles. The maximum absolute atomic E-state index is 4.19. The molecule has 0 spiro atoms. The summed E-state index contributed by atoms with van der Waals surface area (Å²) in [7, 11) is 0. The smallest absolute Gasteiger partial charge is 0.168 e. The zero-order valence-corrected chi connectivity index (χ0v) is 10.1. The Morgan fingerprint density at radius 2 is 1.78 bits per heavy atom. The number of aryl methyl sites for hydroxylation is 1. The summed E-state index contributed by atoms with van der Waals surface area (Å²) in [5.74, 6) is 0.903. The number of pyridine rings is 1. The summed E-state index contributed by atoms with van der Waals surface area (Å²) in [6, 6.07) is 14.3. The van der Waals surface area contributed by atoms with E-state index >= 15 is 0 Å². The van der Waals surface area contributed by atoms with E-state index in [1.807, 2.05) is 47.9 Å². The number of nitrogens with zero attached hydrogens (tertiary/aromatic N) is 3. The Labute approximate surface area is 105 Å². The number of rotatable bonds is 2. The SMILES string of the molecule is Cc1nnc2c(/C=C/c3ccccc3)cccn12. The van der Waals surface area contributed by atoms with Gasteiger partial charge in [0.15, 0.2) is 5.65 Å². The molecule has 1 aromatic carbocycles. The van der Waals surface area contributed by atoms with Crippen LogP contribution in [0.4, 0.5) is 0 Å². The van der Waals surface area contributed by atoms with E-state index in [0.29, 0.717) is 0 Å². The van der Waals surface area contributed by atoms with Gasteiger partial charge in [-0.25, -0.2) is 0 Å². The minimum atomic E-state index is 0.891. The minimum absolute atomic E-state index is 0.891. The van der Waals surface area contributed by atoms with Crippen molar-refractivity contribution in [3.63, 3.8) is 0 Å². The Bertz CT molecular complexity index is 696. The summed E-state index contributed by atoms with van der Waals surface area (Å²) in [5.41, 5.74) is 3.14. The third kappa shape index (κ3) is 1.91. The Balaban J connectivity index is 2.03. The Hall–Kier alpha value is -2.42. The van der Waals surface area contributed by atoms with Gasteiger partial charge in [0.2, 0.25) is 0 Å². The molecule has 18 heavy (non-hydrogen) atoms. The van der Waals surface area contributed by atoms with Crippen LogP contribution in [0.15, 0.2) is 48.7 Å². The standard InChI is InChI=1S/C15H13N3/c1-12-16-17-15-14(8-5-11-18(12)15)10-9-13-6-3-2-4-7-13/h2-11H,1H3/b10-9+. The molecule has 0 aliphatic rings. The molecule has 2 aromatic heterocycles. The van der Waals surface area contributed by atoms with Crippen molar-refractivity contribution in [1.29, 1.82) is 0 Å². The maximum atomic E-state index is 4.19. The van der Waals surface area contributed by atoms with E-state index in [0.717, 1.165) is 17.0 Å². The van der Waals surface area contributed by atoms with Crippen LogP contribution in [0.25, 0.3) is 17.8 Å². The second-order valence-corrected chi connectivity index (χ2v) is 4.15. The highest BCUT2D eigenvalue weighted by Crippen LogP contribution is 2.13.